The predicted octanol–water partition coefficient (Wildman–Crippen LogP) is 2.33. The second-order valence-corrected chi connectivity index (χ2v) is 4.44. The molecule has 1 N–H and O–H groups in total. The summed E-state index contributed by atoms with van der Waals surface area (Å²) in [6, 6.07) is 5.79. The van der Waals surface area contributed by atoms with E-state index in [1.807, 2.05) is 25.1 Å². The van der Waals surface area contributed by atoms with Crippen LogP contribution in [0.15, 0.2) is 32.7 Å². The Morgan fingerprint density at radius 2 is 2.12 bits per heavy atom. The Bertz CT molecular complexity index is 496. The number of aromatic nitrogens is 2. The Morgan fingerprint density at radius 3 is 2.69 bits per heavy atom. The monoisotopic (exact) mass is 236 g/mol. The molecule has 0 amide bonds. The van der Waals surface area contributed by atoms with Gasteiger partial charge in [0.05, 0.1) is 6.61 Å². The average molecular weight is 236 g/mol. The van der Waals surface area contributed by atoms with Crippen LogP contribution in [0.2, 0.25) is 0 Å². The van der Waals surface area contributed by atoms with Gasteiger partial charge in [0, 0.05) is 11.8 Å². The van der Waals surface area contributed by atoms with E-state index in [0.717, 1.165) is 16.0 Å². The van der Waals surface area contributed by atoms with E-state index in [1.165, 1.54) is 11.8 Å². The molecular weight excluding hydrogens is 224 g/mol. The first-order valence-electron chi connectivity index (χ1n) is 4.87. The summed E-state index contributed by atoms with van der Waals surface area (Å²) < 4.78 is 5.29. The molecule has 1 aromatic carbocycles. The molecule has 2 aromatic rings. The van der Waals surface area contributed by atoms with Crippen LogP contribution in [0.4, 0.5) is 0 Å². The number of aryl methyl sites for hydroxylation is 2. The molecule has 0 aliphatic rings. The maximum atomic E-state index is 9.00. The summed E-state index contributed by atoms with van der Waals surface area (Å²) in [5.41, 5.74) is 2.00. The van der Waals surface area contributed by atoms with Crippen LogP contribution in [0.3, 0.4) is 0 Å². The van der Waals surface area contributed by atoms with E-state index < -0.39 is 0 Å². The molecule has 2 rings (SSSR count). The summed E-state index contributed by atoms with van der Waals surface area (Å²) in [6.07, 6.45) is 0. The molecule has 0 fully saturated rings. The Labute approximate surface area is 97.7 Å². The van der Waals surface area contributed by atoms with Gasteiger partial charge in [-0.2, -0.15) is 0 Å². The Hall–Kier alpha value is -1.33. The van der Waals surface area contributed by atoms with Crippen molar-refractivity contribution in [3.8, 4) is 0 Å². The molecule has 1 aromatic heterocycles. The molecule has 16 heavy (non-hydrogen) atoms. The van der Waals surface area contributed by atoms with Crippen molar-refractivity contribution >= 4 is 11.8 Å². The van der Waals surface area contributed by atoms with Crippen LogP contribution >= 0.6 is 11.8 Å². The summed E-state index contributed by atoms with van der Waals surface area (Å²) in [6.45, 7) is 3.81. The lowest BCUT2D eigenvalue weighted by atomic mass is 10.1. The summed E-state index contributed by atoms with van der Waals surface area (Å²) in [7, 11) is 0. The number of hydrogen-bond donors (Lipinski definition) is 1. The summed E-state index contributed by atoms with van der Waals surface area (Å²) in [5.74, 6) is 0.562. The molecule has 0 radical (unpaired) electrons. The van der Waals surface area contributed by atoms with Crippen LogP contribution in [0.1, 0.15) is 17.0 Å². The van der Waals surface area contributed by atoms with Crippen molar-refractivity contribution in [2.45, 2.75) is 30.6 Å². The third-order valence-electron chi connectivity index (χ3n) is 2.13. The Kier molecular flexibility index (Phi) is 3.26. The van der Waals surface area contributed by atoms with Crippen LogP contribution in [-0.4, -0.2) is 15.3 Å². The Morgan fingerprint density at radius 1 is 1.31 bits per heavy atom. The normalized spacial score (nSPS) is 10.7. The highest BCUT2D eigenvalue weighted by molar-refractivity contribution is 7.99. The number of aliphatic hydroxyl groups excluding tert-OH is 1. The van der Waals surface area contributed by atoms with Gasteiger partial charge in [0.1, 0.15) is 0 Å². The lowest BCUT2D eigenvalue weighted by molar-refractivity contribution is 0.281. The van der Waals surface area contributed by atoms with Crippen molar-refractivity contribution in [2.75, 3.05) is 0 Å². The lowest BCUT2D eigenvalue weighted by Gasteiger charge is -2.04. The molecule has 0 aliphatic carbocycles. The van der Waals surface area contributed by atoms with Gasteiger partial charge >= 0.3 is 0 Å². The van der Waals surface area contributed by atoms with E-state index in [2.05, 4.69) is 10.2 Å². The SMILES string of the molecule is Cc1nnc(Sc2ccc(CO)cc2C)o1. The van der Waals surface area contributed by atoms with Gasteiger partial charge in [0.2, 0.25) is 5.89 Å². The van der Waals surface area contributed by atoms with Crippen LogP contribution in [-0.2, 0) is 6.61 Å². The standard InChI is InChI=1S/C11H12N2O2S/c1-7-5-9(6-14)3-4-10(7)16-11-13-12-8(2)15-11/h3-5,14H,6H2,1-2H3. The molecule has 0 spiro atoms. The maximum Gasteiger partial charge on any atom is 0.281 e. The van der Waals surface area contributed by atoms with E-state index in [4.69, 9.17) is 9.52 Å². The fourth-order valence-corrected chi connectivity index (χ4v) is 2.13. The molecule has 5 heteroatoms. The smallest absolute Gasteiger partial charge is 0.281 e. The zero-order valence-corrected chi connectivity index (χ0v) is 9.91. The van der Waals surface area contributed by atoms with E-state index in [0.29, 0.717) is 11.1 Å². The quantitative estimate of drug-likeness (QED) is 0.886. The van der Waals surface area contributed by atoms with Crippen molar-refractivity contribution < 1.29 is 9.52 Å². The van der Waals surface area contributed by atoms with Gasteiger partial charge in [-0.1, -0.05) is 12.1 Å². The van der Waals surface area contributed by atoms with Crippen molar-refractivity contribution in [1.82, 2.24) is 10.2 Å². The largest absolute Gasteiger partial charge is 0.416 e. The van der Waals surface area contributed by atoms with Crippen LogP contribution in [0, 0.1) is 13.8 Å². The van der Waals surface area contributed by atoms with Crippen molar-refractivity contribution in [2.24, 2.45) is 0 Å². The van der Waals surface area contributed by atoms with Gasteiger partial charge in [-0.25, -0.2) is 0 Å². The van der Waals surface area contributed by atoms with Gasteiger partial charge in [-0.15, -0.1) is 10.2 Å². The van der Waals surface area contributed by atoms with Gasteiger partial charge in [0.25, 0.3) is 5.22 Å². The lowest BCUT2D eigenvalue weighted by Crippen LogP contribution is -1.86. The van der Waals surface area contributed by atoms with E-state index in [1.54, 1.807) is 6.92 Å². The van der Waals surface area contributed by atoms with E-state index >= 15 is 0 Å². The van der Waals surface area contributed by atoms with Gasteiger partial charge in [-0.05, 0) is 35.9 Å². The zero-order chi connectivity index (χ0) is 11.5. The molecule has 0 saturated carbocycles. The number of rotatable bonds is 3. The minimum absolute atomic E-state index is 0.0610. The van der Waals surface area contributed by atoms with Crippen molar-refractivity contribution in [3.63, 3.8) is 0 Å². The molecule has 0 atom stereocenters. The third-order valence-corrected chi connectivity index (χ3v) is 3.14. The second-order valence-electron chi connectivity index (χ2n) is 3.45. The minimum atomic E-state index is 0.0610. The first-order valence-corrected chi connectivity index (χ1v) is 5.69. The fourth-order valence-electron chi connectivity index (χ4n) is 1.34. The fraction of sp³-hybridized carbons (Fsp3) is 0.273. The maximum absolute atomic E-state index is 9.00. The van der Waals surface area contributed by atoms with Crippen LogP contribution < -0.4 is 0 Å². The topological polar surface area (TPSA) is 59.2 Å². The van der Waals surface area contributed by atoms with E-state index in [-0.39, 0.29) is 6.61 Å². The molecule has 0 unspecified atom stereocenters. The number of hydrogen-bond acceptors (Lipinski definition) is 5. The first kappa shape index (κ1) is 11.2. The van der Waals surface area contributed by atoms with E-state index in [9.17, 15) is 0 Å². The summed E-state index contributed by atoms with van der Waals surface area (Å²) in [4.78, 5) is 1.06. The van der Waals surface area contributed by atoms with Crippen LogP contribution in [0.5, 0.6) is 0 Å². The van der Waals surface area contributed by atoms with Crippen molar-refractivity contribution in [3.05, 3.63) is 35.2 Å². The zero-order valence-electron chi connectivity index (χ0n) is 9.10. The molecule has 0 bridgehead atoms. The highest BCUT2D eigenvalue weighted by atomic mass is 32.2. The molecule has 4 nitrogen and oxygen atoms in total. The summed E-state index contributed by atoms with van der Waals surface area (Å²) >= 11 is 1.43. The number of nitrogens with zero attached hydrogens (tertiary/aromatic N) is 2. The van der Waals surface area contributed by atoms with Gasteiger partial charge in [-0.3, -0.25) is 0 Å². The minimum Gasteiger partial charge on any atom is -0.416 e. The molecule has 84 valence electrons. The van der Waals surface area contributed by atoms with Crippen LogP contribution in [0.25, 0.3) is 0 Å². The third kappa shape index (κ3) is 2.43. The molecule has 0 aliphatic heterocycles. The van der Waals surface area contributed by atoms with Crippen molar-refractivity contribution in [1.29, 1.82) is 0 Å². The molecular formula is C11H12N2O2S. The number of aliphatic hydroxyl groups is 1. The first-order chi connectivity index (χ1) is 7.69. The average Bonchev–Trinajstić information content (AvgIpc) is 2.67. The second kappa shape index (κ2) is 4.67. The molecule has 0 saturated heterocycles. The molecule has 1 heterocycles. The summed E-state index contributed by atoms with van der Waals surface area (Å²) in [5, 5.41) is 17.2. The van der Waals surface area contributed by atoms with Gasteiger partial charge < -0.3 is 9.52 Å². The number of benzene rings is 1. The highest BCUT2D eigenvalue weighted by Gasteiger charge is 2.07. The predicted molar refractivity (Wildman–Crippen MR) is 60.3 cm³/mol. The van der Waals surface area contributed by atoms with Gasteiger partial charge in [0.15, 0.2) is 0 Å². The highest BCUT2D eigenvalue weighted by Crippen LogP contribution is 2.29. The Balaban J connectivity index is 2.21.